The second-order valence-electron chi connectivity index (χ2n) is 7.11. The third kappa shape index (κ3) is 5.01. The maximum atomic E-state index is 12.8. The Labute approximate surface area is 179 Å². The summed E-state index contributed by atoms with van der Waals surface area (Å²) >= 11 is 2.80. The van der Waals surface area contributed by atoms with E-state index in [0.717, 1.165) is 47.9 Å². The van der Waals surface area contributed by atoms with Crippen LogP contribution in [0, 0.1) is 0 Å². The number of aromatic nitrogens is 1. The highest BCUT2D eigenvalue weighted by Gasteiger charge is 2.32. The number of anilines is 1. The van der Waals surface area contributed by atoms with Crippen molar-refractivity contribution in [2.24, 2.45) is 0 Å². The second-order valence-corrected chi connectivity index (χ2v) is 7.82. The van der Waals surface area contributed by atoms with Gasteiger partial charge in [-0.2, -0.15) is 13.2 Å². The van der Waals surface area contributed by atoms with E-state index in [1.807, 2.05) is 7.05 Å². The summed E-state index contributed by atoms with van der Waals surface area (Å²) in [5.74, 6) is -0.682. The molecule has 1 aromatic carbocycles. The molecule has 3 heterocycles. The monoisotopic (exact) mass is 488 g/mol. The van der Waals surface area contributed by atoms with Crippen molar-refractivity contribution in [2.45, 2.75) is 19.0 Å². The average molecular weight is 489 g/mol. The van der Waals surface area contributed by atoms with Crippen molar-refractivity contribution in [3.8, 4) is 5.75 Å². The fraction of sp³-hybridized carbons (Fsp3) is 0.421. The number of pyridine rings is 1. The summed E-state index contributed by atoms with van der Waals surface area (Å²) in [4.78, 5) is 29.3. The van der Waals surface area contributed by atoms with Crippen molar-refractivity contribution in [1.29, 1.82) is 0 Å². The zero-order chi connectivity index (χ0) is 22.1. The number of phenols is 1. The van der Waals surface area contributed by atoms with Gasteiger partial charge in [0.25, 0.3) is 0 Å². The zero-order valence-electron chi connectivity index (χ0n) is 16.1. The van der Waals surface area contributed by atoms with Crippen LogP contribution in [0.3, 0.4) is 0 Å². The fourth-order valence-electron chi connectivity index (χ4n) is 3.15. The highest BCUT2D eigenvalue weighted by Crippen LogP contribution is 2.36. The van der Waals surface area contributed by atoms with Crippen molar-refractivity contribution >= 4 is 44.6 Å². The molecule has 2 fully saturated rings. The van der Waals surface area contributed by atoms with Gasteiger partial charge in [-0.05, 0) is 25.2 Å². The van der Waals surface area contributed by atoms with Crippen LogP contribution in [0.15, 0.2) is 24.4 Å². The Bertz CT molecular complexity index is 946. The molecule has 4 rings (SSSR count). The smallest absolute Gasteiger partial charge is 0.416 e. The Balaban J connectivity index is 0.000000269. The lowest BCUT2D eigenvalue weighted by Gasteiger charge is -2.33. The van der Waals surface area contributed by atoms with Gasteiger partial charge in [0.1, 0.15) is 5.75 Å². The number of alkyl halides is 3. The normalized spacial score (nSPS) is 18.0. The minimum atomic E-state index is -4.50. The van der Waals surface area contributed by atoms with E-state index in [0.29, 0.717) is 18.2 Å². The van der Waals surface area contributed by atoms with Crippen molar-refractivity contribution in [3.63, 3.8) is 0 Å². The topological polar surface area (TPSA) is 77.0 Å². The van der Waals surface area contributed by atoms with Gasteiger partial charge in [0.2, 0.25) is 11.8 Å². The van der Waals surface area contributed by atoms with E-state index in [-0.39, 0.29) is 17.3 Å². The van der Waals surface area contributed by atoms with Crippen LogP contribution < -0.4 is 4.90 Å². The quantitative estimate of drug-likeness (QED) is 0.490. The van der Waals surface area contributed by atoms with E-state index >= 15 is 0 Å². The minimum absolute atomic E-state index is 0.144. The second kappa shape index (κ2) is 8.76. The van der Waals surface area contributed by atoms with Gasteiger partial charge >= 0.3 is 6.18 Å². The number of halogens is 4. The van der Waals surface area contributed by atoms with Crippen LogP contribution in [0.25, 0.3) is 10.9 Å². The number of hydrogen-bond donors (Lipinski definition) is 1. The minimum Gasteiger partial charge on any atom is -0.507 e. The summed E-state index contributed by atoms with van der Waals surface area (Å²) in [5.41, 5.74) is 0.0678. The molecule has 2 aromatic rings. The number of carbonyl (C=O) groups is 2. The number of amides is 2. The summed E-state index contributed by atoms with van der Waals surface area (Å²) in [5, 5.41) is 10.3. The Morgan fingerprint density at radius 3 is 2.13 bits per heavy atom. The zero-order valence-corrected chi connectivity index (χ0v) is 17.7. The van der Waals surface area contributed by atoms with Crippen LogP contribution in [-0.2, 0) is 15.8 Å². The van der Waals surface area contributed by atoms with E-state index in [4.69, 9.17) is 0 Å². The van der Waals surface area contributed by atoms with E-state index < -0.39 is 17.5 Å². The van der Waals surface area contributed by atoms with Crippen molar-refractivity contribution < 1.29 is 27.9 Å². The Morgan fingerprint density at radius 1 is 1.03 bits per heavy atom. The van der Waals surface area contributed by atoms with Crippen molar-refractivity contribution in [2.75, 3.05) is 38.1 Å². The van der Waals surface area contributed by atoms with Crippen molar-refractivity contribution in [3.05, 3.63) is 30.0 Å². The number of nitrogens with zero attached hydrogens (tertiary/aromatic N) is 4. The number of imide groups is 1. The largest absolute Gasteiger partial charge is 0.507 e. The van der Waals surface area contributed by atoms with Crippen LogP contribution in [0.5, 0.6) is 5.75 Å². The summed E-state index contributed by atoms with van der Waals surface area (Å²) in [6.45, 7) is 3.48. The first kappa shape index (κ1) is 22.3. The summed E-state index contributed by atoms with van der Waals surface area (Å²) in [6.07, 6.45) is -2.23. The number of carbonyl (C=O) groups excluding carboxylic acids is 2. The summed E-state index contributed by atoms with van der Waals surface area (Å²) in [6, 6.07) is 3.41. The van der Waals surface area contributed by atoms with E-state index in [1.54, 1.807) is 12.3 Å². The predicted molar refractivity (Wildman–Crippen MR) is 108 cm³/mol. The van der Waals surface area contributed by atoms with Crippen LogP contribution in [-0.4, -0.2) is 64.0 Å². The lowest BCUT2D eigenvalue weighted by atomic mass is 10.1. The lowest BCUT2D eigenvalue weighted by Crippen LogP contribution is -2.44. The van der Waals surface area contributed by atoms with Crippen LogP contribution in [0.4, 0.5) is 18.9 Å². The molecule has 2 aliphatic rings. The maximum absolute atomic E-state index is 12.8. The molecule has 2 saturated heterocycles. The van der Waals surface area contributed by atoms with Gasteiger partial charge in [0, 0.05) is 44.4 Å². The van der Waals surface area contributed by atoms with E-state index in [9.17, 15) is 27.9 Å². The molecule has 162 valence electrons. The molecule has 0 radical (unpaired) electrons. The number of piperazine rings is 1. The average Bonchev–Trinajstić information content (AvgIpc) is 2.99. The van der Waals surface area contributed by atoms with Gasteiger partial charge in [-0.15, -0.1) is 0 Å². The van der Waals surface area contributed by atoms with E-state index in [1.165, 1.54) is 0 Å². The first-order valence-corrected chi connectivity index (χ1v) is 9.92. The molecule has 7 nitrogen and oxygen atoms in total. The molecule has 1 aromatic heterocycles. The summed E-state index contributed by atoms with van der Waals surface area (Å²) in [7, 11) is 2.04. The fourth-order valence-corrected chi connectivity index (χ4v) is 3.50. The molecule has 2 aliphatic heterocycles. The standard InChI is InChI=1S/C15H16F3N3O.C4H4BrNO2/c1-20-2-4-21(5-3-20)11-8-12-13(19-9-11)6-10(7-14(12)22)15(16,17)18;5-6-3(7)1-2-4(6)8/h6-9,22H,2-5H2,1H3;1-2H2. The third-order valence-electron chi connectivity index (χ3n) is 4.95. The molecular formula is C19H20BrF3N4O3. The van der Waals surface area contributed by atoms with Crippen LogP contribution in [0.2, 0.25) is 0 Å². The molecule has 0 aliphatic carbocycles. The van der Waals surface area contributed by atoms with Gasteiger partial charge in [0.05, 0.1) is 39.1 Å². The van der Waals surface area contributed by atoms with Gasteiger partial charge < -0.3 is 14.9 Å². The maximum Gasteiger partial charge on any atom is 0.416 e. The number of rotatable bonds is 1. The number of aromatic hydroxyl groups is 1. The molecule has 0 atom stereocenters. The third-order valence-corrected chi connectivity index (χ3v) is 5.74. The van der Waals surface area contributed by atoms with Gasteiger partial charge in [-0.3, -0.25) is 14.6 Å². The van der Waals surface area contributed by atoms with Gasteiger partial charge in [-0.25, -0.2) is 3.93 Å². The van der Waals surface area contributed by atoms with Gasteiger partial charge in [-0.1, -0.05) is 0 Å². The molecule has 0 bridgehead atoms. The lowest BCUT2D eigenvalue weighted by molar-refractivity contribution is -0.137. The molecule has 2 amide bonds. The first-order chi connectivity index (χ1) is 14.1. The first-order valence-electron chi connectivity index (χ1n) is 9.21. The number of fused-ring (bicyclic) bond motifs is 1. The molecule has 11 heteroatoms. The van der Waals surface area contributed by atoms with Crippen molar-refractivity contribution in [1.82, 2.24) is 13.8 Å². The van der Waals surface area contributed by atoms with Crippen LogP contribution in [0.1, 0.15) is 18.4 Å². The number of hydrogen-bond acceptors (Lipinski definition) is 6. The molecule has 30 heavy (non-hydrogen) atoms. The highest BCUT2D eigenvalue weighted by molar-refractivity contribution is 9.08. The van der Waals surface area contributed by atoms with Gasteiger partial charge in [0.15, 0.2) is 0 Å². The predicted octanol–water partition coefficient (Wildman–Crippen LogP) is 3.16. The number of benzene rings is 1. The number of likely N-dealkylation sites (N-methyl/N-ethyl adjacent to an activating group) is 1. The molecule has 1 N–H and O–H groups in total. The SMILES string of the molecule is CN1CCN(c2cnc3cc(C(F)(F)F)cc(O)c3c2)CC1.O=C1CCC(=O)N1Br. The molecule has 0 unspecified atom stereocenters. The Kier molecular flexibility index (Phi) is 6.51. The highest BCUT2D eigenvalue weighted by atomic mass is 79.9. The summed E-state index contributed by atoms with van der Waals surface area (Å²) < 4.78 is 39.2. The molecule has 0 saturated carbocycles. The van der Waals surface area contributed by atoms with E-state index in [2.05, 4.69) is 30.9 Å². The number of phenolic OH excluding ortho intramolecular Hbond substituents is 1. The Hall–Kier alpha value is -2.40. The Morgan fingerprint density at radius 2 is 1.63 bits per heavy atom. The molecular weight excluding hydrogens is 469 g/mol. The van der Waals surface area contributed by atoms with Crippen LogP contribution >= 0.6 is 16.1 Å². The molecule has 0 spiro atoms.